The molecule has 0 aromatic heterocycles. The number of unbranched alkanes of at least 4 members (excludes halogenated alkanes) is 2. The molecule has 7 nitrogen and oxygen atoms in total. The Hall–Kier alpha value is -1.18. The fourth-order valence-electron chi connectivity index (χ4n) is 9.70. The largest absolute Gasteiger partial charge is 0.393 e. The number of aliphatic hydroxyl groups is 3. The summed E-state index contributed by atoms with van der Waals surface area (Å²) in [5, 5.41) is 39.3. The summed E-state index contributed by atoms with van der Waals surface area (Å²) in [5.74, 6) is 1.99. The summed E-state index contributed by atoms with van der Waals surface area (Å²) in [6, 6.07) is 0. The van der Waals surface area contributed by atoms with Crippen molar-refractivity contribution in [3.63, 3.8) is 0 Å². The third kappa shape index (κ3) is 5.81. The predicted molar refractivity (Wildman–Crippen MR) is 148 cm³/mol. The molecular weight excluding hydrogens is 480 g/mol. The lowest BCUT2D eigenvalue weighted by molar-refractivity contribution is -0.207. The van der Waals surface area contributed by atoms with Gasteiger partial charge >= 0.3 is 0 Å². The molecule has 0 radical (unpaired) electrons. The van der Waals surface area contributed by atoms with Crippen LogP contribution in [0.3, 0.4) is 0 Å². The molecule has 38 heavy (non-hydrogen) atoms. The Bertz CT molecular complexity index is 837. The van der Waals surface area contributed by atoms with Gasteiger partial charge in [0.05, 0.1) is 18.3 Å². The molecular formula is C31H54N2O5. The molecule has 0 saturated heterocycles. The van der Waals surface area contributed by atoms with E-state index in [1.54, 1.807) is 0 Å². The van der Waals surface area contributed by atoms with Gasteiger partial charge in [-0.2, -0.15) is 0 Å². The van der Waals surface area contributed by atoms with Crippen molar-refractivity contribution in [1.29, 1.82) is 0 Å². The van der Waals surface area contributed by atoms with Crippen LogP contribution in [0.25, 0.3) is 0 Å². The van der Waals surface area contributed by atoms with Gasteiger partial charge in [0.2, 0.25) is 11.8 Å². The molecule has 0 aromatic rings. The van der Waals surface area contributed by atoms with Crippen LogP contribution in [0.2, 0.25) is 0 Å². The second-order valence-corrected chi connectivity index (χ2v) is 13.9. The van der Waals surface area contributed by atoms with E-state index in [1.165, 1.54) is 6.92 Å². The van der Waals surface area contributed by atoms with E-state index in [9.17, 15) is 24.9 Å². The first-order chi connectivity index (χ1) is 18.0. The number of amides is 2. The summed E-state index contributed by atoms with van der Waals surface area (Å²) in [5.41, 5.74) is -0.125. The van der Waals surface area contributed by atoms with Crippen LogP contribution in [0.15, 0.2) is 0 Å². The van der Waals surface area contributed by atoms with Crippen LogP contribution in [0.4, 0.5) is 0 Å². The van der Waals surface area contributed by atoms with Crippen LogP contribution in [-0.2, 0) is 9.59 Å². The Morgan fingerprint density at radius 3 is 2.34 bits per heavy atom. The van der Waals surface area contributed by atoms with Gasteiger partial charge < -0.3 is 26.0 Å². The van der Waals surface area contributed by atoms with Crippen molar-refractivity contribution in [2.45, 2.75) is 123 Å². The number of hydrogen-bond donors (Lipinski definition) is 5. The van der Waals surface area contributed by atoms with Gasteiger partial charge in [-0.15, -0.1) is 0 Å². The molecule has 0 unspecified atom stereocenters. The lowest BCUT2D eigenvalue weighted by Gasteiger charge is -2.63. The third-order valence-electron chi connectivity index (χ3n) is 11.9. The monoisotopic (exact) mass is 534 g/mol. The van der Waals surface area contributed by atoms with Gasteiger partial charge in [-0.25, -0.2) is 0 Å². The Kier molecular flexibility index (Phi) is 9.52. The van der Waals surface area contributed by atoms with Crippen molar-refractivity contribution < 1.29 is 24.9 Å². The van der Waals surface area contributed by atoms with Gasteiger partial charge in [0, 0.05) is 26.4 Å². The van der Waals surface area contributed by atoms with Crippen molar-refractivity contribution in [3.8, 4) is 0 Å². The second-order valence-electron chi connectivity index (χ2n) is 13.9. The van der Waals surface area contributed by atoms with E-state index in [2.05, 4.69) is 31.4 Å². The zero-order valence-electron chi connectivity index (χ0n) is 24.3. The Balaban J connectivity index is 1.30. The standard InChI is InChI=1S/C31H54N2O5/c1-19(8-11-28(38)33-15-7-5-6-14-32-20(2)34)23-9-10-24-29-25(18-27(37)31(23,24)4)30(3)13-12-22(35)16-21(30)17-26(29)36/h19,21-27,29,35-37H,5-18H2,1-4H3,(H,32,34)(H,33,38)/t19-,21+,22-,23-,24+,25+,26-,27+,29+,30+,31-/m1/s1. The van der Waals surface area contributed by atoms with Crippen molar-refractivity contribution in [3.05, 3.63) is 0 Å². The minimum Gasteiger partial charge on any atom is -0.393 e. The van der Waals surface area contributed by atoms with Gasteiger partial charge in [0.15, 0.2) is 0 Å². The summed E-state index contributed by atoms with van der Waals surface area (Å²) in [7, 11) is 0. The summed E-state index contributed by atoms with van der Waals surface area (Å²) in [6.45, 7) is 9.79. The fraction of sp³-hybridized carbons (Fsp3) is 0.935. The Morgan fingerprint density at radius 1 is 0.921 bits per heavy atom. The van der Waals surface area contributed by atoms with Crippen LogP contribution < -0.4 is 10.6 Å². The van der Waals surface area contributed by atoms with Gasteiger partial charge in [0.1, 0.15) is 0 Å². The molecule has 4 rings (SSSR count). The van der Waals surface area contributed by atoms with Crippen molar-refractivity contribution in [2.75, 3.05) is 13.1 Å². The van der Waals surface area contributed by atoms with Crippen LogP contribution >= 0.6 is 0 Å². The van der Waals surface area contributed by atoms with Gasteiger partial charge in [-0.05, 0) is 117 Å². The maximum Gasteiger partial charge on any atom is 0.220 e. The molecule has 0 spiro atoms. The molecule has 4 saturated carbocycles. The predicted octanol–water partition coefficient (Wildman–Crippen LogP) is 3.79. The Morgan fingerprint density at radius 2 is 1.63 bits per heavy atom. The van der Waals surface area contributed by atoms with E-state index in [4.69, 9.17) is 0 Å². The van der Waals surface area contributed by atoms with E-state index < -0.39 is 0 Å². The smallest absolute Gasteiger partial charge is 0.220 e. The molecule has 0 aliphatic heterocycles. The zero-order valence-corrected chi connectivity index (χ0v) is 24.3. The number of carbonyl (C=O) groups is 2. The molecule has 0 aromatic carbocycles. The molecule has 0 bridgehead atoms. The fourth-order valence-corrected chi connectivity index (χ4v) is 9.70. The number of carbonyl (C=O) groups excluding carboxylic acids is 2. The first-order valence-corrected chi connectivity index (χ1v) is 15.5. The SMILES string of the molecule is CC(=O)NCCCCCNC(=O)CC[C@@H](C)[C@H]1CC[C@H]2[C@@H]3[C@H](O)C[C@@H]4C[C@H](O)CC[C@]4(C)[C@H]3C[C@H](O)[C@]12C. The molecule has 4 fully saturated rings. The topological polar surface area (TPSA) is 119 Å². The van der Waals surface area contributed by atoms with Crippen molar-refractivity contribution in [2.24, 2.45) is 46.3 Å². The summed E-state index contributed by atoms with van der Waals surface area (Å²) < 4.78 is 0. The average molecular weight is 535 g/mol. The highest BCUT2D eigenvalue weighted by Gasteiger charge is 2.65. The Labute approximate surface area is 229 Å². The quantitative estimate of drug-likeness (QED) is 0.273. The highest BCUT2D eigenvalue weighted by Crippen LogP contribution is 2.68. The number of nitrogens with one attached hydrogen (secondary N) is 2. The van der Waals surface area contributed by atoms with Crippen LogP contribution in [0.5, 0.6) is 0 Å². The van der Waals surface area contributed by atoms with Crippen molar-refractivity contribution >= 4 is 11.8 Å². The molecule has 2 amide bonds. The van der Waals surface area contributed by atoms with Crippen LogP contribution in [0, 0.1) is 46.3 Å². The highest BCUT2D eigenvalue weighted by molar-refractivity contribution is 5.75. The van der Waals surface area contributed by atoms with E-state index in [0.29, 0.717) is 49.1 Å². The number of rotatable bonds is 10. The molecule has 218 valence electrons. The highest BCUT2D eigenvalue weighted by atomic mass is 16.3. The number of aliphatic hydroxyl groups excluding tert-OH is 3. The molecule has 7 heteroatoms. The summed E-state index contributed by atoms with van der Waals surface area (Å²) >= 11 is 0. The van der Waals surface area contributed by atoms with E-state index in [-0.39, 0.29) is 46.9 Å². The van der Waals surface area contributed by atoms with E-state index in [1.807, 2.05) is 0 Å². The number of hydrogen-bond acceptors (Lipinski definition) is 5. The second kappa shape index (κ2) is 12.1. The van der Waals surface area contributed by atoms with E-state index in [0.717, 1.165) is 70.6 Å². The lowest BCUT2D eigenvalue weighted by Crippen LogP contribution is -2.62. The molecule has 4 aliphatic rings. The lowest BCUT2D eigenvalue weighted by atomic mass is 9.43. The third-order valence-corrected chi connectivity index (χ3v) is 11.9. The van der Waals surface area contributed by atoms with E-state index >= 15 is 0 Å². The molecule has 4 aliphatic carbocycles. The minimum absolute atomic E-state index is 0.00164. The molecule has 11 atom stereocenters. The summed E-state index contributed by atoms with van der Waals surface area (Å²) in [6.07, 6.45) is 9.43. The molecule has 5 N–H and O–H groups in total. The normalized spacial score (nSPS) is 42.9. The molecule has 0 heterocycles. The van der Waals surface area contributed by atoms with Gasteiger partial charge in [-0.3, -0.25) is 9.59 Å². The van der Waals surface area contributed by atoms with Gasteiger partial charge in [-0.1, -0.05) is 20.8 Å². The van der Waals surface area contributed by atoms with Crippen molar-refractivity contribution in [1.82, 2.24) is 10.6 Å². The first-order valence-electron chi connectivity index (χ1n) is 15.5. The van der Waals surface area contributed by atoms with Crippen LogP contribution in [-0.4, -0.2) is 58.5 Å². The van der Waals surface area contributed by atoms with Crippen LogP contribution in [0.1, 0.15) is 105 Å². The summed E-state index contributed by atoms with van der Waals surface area (Å²) in [4.78, 5) is 23.4. The maximum absolute atomic E-state index is 12.5. The number of fused-ring (bicyclic) bond motifs is 5. The first kappa shape index (κ1) is 29.8. The minimum atomic E-state index is -0.385. The average Bonchev–Trinajstić information content (AvgIpc) is 3.22. The maximum atomic E-state index is 12.5. The zero-order chi connectivity index (χ0) is 27.7. The van der Waals surface area contributed by atoms with Gasteiger partial charge in [0.25, 0.3) is 0 Å².